The van der Waals surface area contributed by atoms with Gasteiger partial charge in [0.1, 0.15) is 0 Å². The highest BCUT2D eigenvalue weighted by Crippen LogP contribution is 2.21. The summed E-state index contributed by atoms with van der Waals surface area (Å²) < 4.78 is 26.9. The van der Waals surface area contributed by atoms with Crippen LogP contribution >= 0.6 is 22.9 Å². The van der Waals surface area contributed by atoms with Crippen molar-refractivity contribution in [2.75, 3.05) is 0 Å². The SMILES string of the molecule is O=S(=O)(Cc1ccccc1)NCc1ccc(Cl)s1. The van der Waals surface area contributed by atoms with E-state index in [2.05, 4.69) is 4.72 Å². The first-order chi connectivity index (χ1) is 8.55. The van der Waals surface area contributed by atoms with Gasteiger partial charge in [-0.15, -0.1) is 11.3 Å². The van der Waals surface area contributed by atoms with E-state index in [4.69, 9.17) is 11.6 Å². The van der Waals surface area contributed by atoms with E-state index in [0.29, 0.717) is 4.34 Å². The first-order valence-electron chi connectivity index (χ1n) is 5.31. The molecule has 0 aliphatic heterocycles. The summed E-state index contributed by atoms with van der Waals surface area (Å²) in [4.78, 5) is 0.900. The minimum Gasteiger partial charge on any atom is -0.212 e. The van der Waals surface area contributed by atoms with Gasteiger partial charge in [-0.05, 0) is 17.7 Å². The van der Waals surface area contributed by atoms with Gasteiger partial charge in [-0.2, -0.15) is 0 Å². The van der Waals surface area contributed by atoms with E-state index < -0.39 is 10.0 Å². The predicted octanol–water partition coefficient (Wildman–Crippen LogP) is 3.02. The topological polar surface area (TPSA) is 46.2 Å². The van der Waals surface area contributed by atoms with E-state index in [9.17, 15) is 8.42 Å². The lowest BCUT2D eigenvalue weighted by molar-refractivity contribution is 0.581. The Morgan fingerprint density at radius 3 is 2.44 bits per heavy atom. The van der Waals surface area contributed by atoms with Crippen LogP contribution in [0.25, 0.3) is 0 Å². The molecule has 0 saturated heterocycles. The highest BCUT2D eigenvalue weighted by atomic mass is 35.5. The second-order valence-electron chi connectivity index (χ2n) is 3.77. The molecule has 3 nitrogen and oxygen atoms in total. The number of halogens is 1. The fourth-order valence-electron chi connectivity index (χ4n) is 1.47. The number of hydrogen-bond acceptors (Lipinski definition) is 3. The largest absolute Gasteiger partial charge is 0.216 e. The van der Waals surface area contributed by atoms with Crippen LogP contribution in [0.4, 0.5) is 0 Å². The number of sulfonamides is 1. The Morgan fingerprint density at radius 1 is 1.11 bits per heavy atom. The molecule has 2 aromatic rings. The van der Waals surface area contributed by atoms with Crippen LogP contribution in [0.2, 0.25) is 4.34 Å². The normalized spacial score (nSPS) is 11.6. The van der Waals surface area contributed by atoms with Crippen molar-refractivity contribution in [1.29, 1.82) is 0 Å². The molecule has 0 aliphatic carbocycles. The Labute approximate surface area is 115 Å². The van der Waals surface area contributed by atoms with E-state index in [1.807, 2.05) is 24.3 Å². The number of rotatable bonds is 5. The number of benzene rings is 1. The minimum atomic E-state index is -3.31. The Bertz CT molecular complexity index is 608. The van der Waals surface area contributed by atoms with Gasteiger partial charge >= 0.3 is 0 Å². The predicted molar refractivity (Wildman–Crippen MR) is 75.2 cm³/mol. The van der Waals surface area contributed by atoms with Gasteiger partial charge in [-0.1, -0.05) is 41.9 Å². The van der Waals surface area contributed by atoms with Crippen molar-refractivity contribution >= 4 is 33.0 Å². The lowest BCUT2D eigenvalue weighted by atomic mass is 10.2. The molecule has 0 radical (unpaired) electrons. The first-order valence-corrected chi connectivity index (χ1v) is 8.15. The Kier molecular flexibility index (Phi) is 4.40. The van der Waals surface area contributed by atoms with E-state index >= 15 is 0 Å². The highest BCUT2D eigenvalue weighted by Gasteiger charge is 2.11. The fraction of sp³-hybridized carbons (Fsp3) is 0.167. The van der Waals surface area contributed by atoms with Crippen LogP contribution in [0.5, 0.6) is 0 Å². The zero-order valence-corrected chi connectivity index (χ0v) is 11.9. The zero-order chi connectivity index (χ0) is 13.0. The molecule has 18 heavy (non-hydrogen) atoms. The zero-order valence-electron chi connectivity index (χ0n) is 9.47. The van der Waals surface area contributed by atoms with Crippen LogP contribution < -0.4 is 4.72 Å². The van der Waals surface area contributed by atoms with Crippen molar-refractivity contribution in [2.45, 2.75) is 12.3 Å². The quantitative estimate of drug-likeness (QED) is 0.923. The monoisotopic (exact) mass is 301 g/mol. The van der Waals surface area contributed by atoms with Gasteiger partial charge in [0.05, 0.1) is 10.1 Å². The molecular weight excluding hydrogens is 290 g/mol. The molecule has 0 bridgehead atoms. The molecule has 6 heteroatoms. The molecule has 1 aromatic heterocycles. The molecule has 0 spiro atoms. The van der Waals surface area contributed by atoms with Crippen molar-refractivity contribution in [2.24, 2.45) is 0 Å². The van der Waals surface area contributed by atoms with E-state index in [-0.39, 0.29) is 12.3 Å². The third-order valence-corrected chi connectivity index (χ3v) is 4.82. The standard InChI is InChI=1S/C12H12ClNO2S2/c13-12-7-6-11(17-12)8-14-18(15,16)9-10-4-2-1-3-5-10/h1-7,14H,8-9H2. The van der Waals surface area contributed by atoms with Crippen LogP contribution in [0.3, 0.4) is 0 Å². The Morgan fingerprint density at radius 2 is 1.83 bits per heavy atom. The number of nitrogens with one attached hydrogen (secondary N) is 1. The van der Waals surface area contributed by atoms with Crippen LogP contribution in [0.15, 0.2) is 42.5 Å². The molecule has 0 unspecified atom stereocenters. The Hall–Kier alpha value is -0.880. The molecule has 96 valence electrons. The number of hydrogen-bond donors (Lipinski definition) is 1. The number of thiophene rings is 1. The molecule has 0 atom stereocenters. The lowest BCUT2D eigenvalue weighted by Crippen LogP contribution is -2.24. The first kappa shape index (κ1) is 13.5. The second-order valence-corrected chi connectivity index (χ2v) is 7.38. The summed E-state index contributed by atoms with van der Waals surface area (Å²) in [6.07, 6.45) is 0. The average Bonchev–Trinajstić information content (AvgIpc) is 2.74. The molecular formula is C12H12ClNO2S2. The minimum absolute atomic E-state index is 0.00700. The van der Waals surface area contributed by atoms with Crippen LogP contribution in [0, 0.1) is 0 Å². The molecule has 2 rings (SSSR count). The molecule has 0 amide bonds. The van der Waals surface area contributed by atoms with Crippen molar-refractivity contribution in [3.05, 3.63) is 57.2 Å². The van der Waals surface area contributed by atoms with Crippen molar-refractivity contribution in [3.8, 4) is 0 Å². The second kappa shape index (κ2) is 5.84. The smallest absolute Gasteiger partial charge is 0.212 e. The maximum absolute atomic E-state index is 11.8. The fourth-order valence-corrected chi connectivity index (χ4v) is 3.70. The molecule has 1 heterocycles. The van der Waals surface area contributed by atoms with E-state index in [1.54, 1.807) is 18.2 Å². The van der Waals surface area contributed by atoms with Crippen LogP contribution in [-0.2, 0) is 22.3 Å². The van der Waals surface area contributed by atoms with Crippen LogP contribution in [-0.4, -0.2) is 8.42 Å². The van der Waals surface area contributed by atoms with Crippen molar-refractivity contribution in [3.63, 3.8) is 0 Å². The molecule has 0 fully saturated rings. The van der Waals surface area contributed by atoms with E-state index in [1.165, 1.54) is 11.3 Å². The van der Waals surface area contributed by atoms with Gasteiger partial charge in [-0.25, -0.2) is 13.1 Å². The highest BCUT2D eigenvalue weighted by molar-refractivity contribution is 7.88. The van der Waals surface area contributed by atoms with Gasteiger partial charge in [0, 0.05) is 11.4 Å². The summed E-state index contributed by atoms with van der Waals surface area (Å²) >= 11 is 7.15. The summed E-state index contributed by atoms with van der Waals surface area (Å²) in [5, 5.41) is 0. The third kappa shape index (κ3) is 4.10. The average molecular weight is 302 g/mol. The van der Waals surface area contributed by atoms with Gasteiger partial charge in [0.2, 0.25) is 10.0 Å². The van der Waals surface area contributed by atoms with Gasteiger partial charge in [0.15, 0.2) is 0 Å². The van der Waals surface area contributed by atoms with E-state index in [0.717, 1.165) is 10.4 Å². The summed E-state index contributed by atoms with van der Waals surface area (Å²) in [5.41, 5.74) is 0.772. The van der Waals surface area contributed by atoms with Crippen LogP contribution in [0.1, 0.15) is 10.4 Å². The third-order valence-electron chi connectivity index (χ3n) is 2.29. The maximum atomic E-state index is 11.8. The molecule has 1 N–H and O–H groups in total. The maximum Gasteiger partial charge on any atom is 0.216 e. The summed E-state index contributed by atoms with van der Waals surface area (Å²) in [7, 11) is -3.31. The summed E-state index contributed by atoms with van der Waals surface area (Å²) in [6, 6.07) is 12.7. The van der Waals surface area contributed by atoms with Gasteiger partial charge in [0.25, 0.3) is 0 Å². The molecule has 0 saturated carbocycles. The van der Waals surface area contributed by atoms with Crippen molar-refractivity contribution < 1.29 is 8.42 Å². The lowest BCUT2D eigenvalue weighted by Gasteiger charge is -2.05. The van der Waals surface area contributed by atoms with Gasteiger partial charge < -0.3 is 0 Å². The Balaban J connectivity index is 1.96. The molecule has 1 aromatic carbocycles. The van der Waals surface area contributed by atoms with Gasteiger partial charge in [-0.3, -0.25) is 0 Å². The summed E-state index contributed by atoms with van der Waals surface area (Å²) in [6.45, 7) is 0.284. The molecule has 0 aliphatic rings. The summed E-state index contributed by atoms with van der Waals surface area (Å²) in [5.74, 6) is -0.00700. The van der Waals surface area contributed by atoms with Crippen molar-refractivity contribution in [1.82, 2.24) is 4.72 Å².